The minimum atomic E-state index is -4.59. The molecule has 0 amide bonds. The first kappa shape index (κ1) is 86.2. The van der Waals surface area contributed by atoms with Crippen LogP contribution in [0, 0.1) is 11.8 Å². The minimum absolute atomic E-state index is 0. The predicted molar refractivity (Wildman–Crippen MR) is 353 cm³/mol. The van der Waals surface area contributed by atoms with Crippen LogP contribution in [-0.4, -0.2) is 76.9 Å². The van der Waals surface area contributed by atoms with E-state index in [0.29, 0.717) is 0 Å². The molecule has 0 aromatic carbocycles. The van der Waals surface area contributed by atoms with Crippen LogP contribution in [0.5, 0.6) is 0 Å². The molecule has 0 N–H and O–H groups in total. The van der Waals surface area contributed by atoms with Crippen molar-refractivity contribution >= 4 is 58.5 Å². The Labute approximate surface area is 539 Å². The monoisotopic (exact) mass is 1210 g/mol. The first-order valence-corrected chi connectivity index (χ1v) is 38.9. The Bertz CT molecular complexity index is 1270. The zero-order valence-corrected chi connectivity index (χ0v) is 59.0. The smallest absolute Gasteiger partial charge is 0.726 e. The SMILES string of the molecule is CCCCCCCCCCCCCCCCCCCCCC(CCCCCCCCCCCC)COS(=O)(=O)[O-].CCCCCCCCCCCCCCCCCCCCCC(CCCCCCCCCCCC)COS(=O)(=O)[O-].[Ca+2]. The molecule has 2 atom stereocenters. The third-order valence-electron chi connectivity index (χ3n) is 17.3. The van der Waals surface area contributed by atoms with Gasteiger partial charge >= 0.3 is 37.7 Å². The fourth-order valence-electron chi connectivity index (χ4n) is 11.8. The summed E-state index contributed by atoms with van der Waals surface area (Å²) in [4.78, 5) is 0. The van der Waals surface area contributed by atoms with Gasteiger partial charge in [0.05, 0.1) is 13.2 Å². The molecule has 0 saturated carbocycles. The largest absolute Gasteiger partial charge is 2.00 e. The first-order valence-electron chi connectivity index (χ1n) is 36.2. The minimum Gasteiger partial charge on any atom is -0.726 e. The van der Waals surface area contributed by atoms with Crippen LogP contribution in [0.4, 0.5) is 0 Å². The van der Waals surface area contributed by atoms with E-state index in [4.69, 9.17) is 0 Å². The topological polar surface area (TPSA) is 133 Å². The molecule has 0 heterocycles. The molecule has 484 valence electrons. The summed E-state index contributed by atoms with van der Waals surface area (Å²) in [7, 11) is -9.17. The van der Waals surface area contributed by atoms with Crippen molar-refractivity contribution in [2.75, 3.05) is 13.2 Å². The van der Waals surface area contributed by atoms with E-state index in [2.05, 4.69) is 36.1 Å². The fourth-order valence-corrected chi connectivity index (χ4v) is 12.6. The molecule has 0 rings (SSSR count). The van der Waals surface area contributed by atoms with E-state index in [-0.39, 0.29) is 62.8 Å². The number of unbranched alkanes of at least 4 members (excludes halogenated alkanes) is 54. The molecule has 8 nitrogen and oxygen atoms in total. The zero-order valence-electron chi connectivity index (χ0n) is 55.2. The van der Waals surface area contributed by atoms with E-state index in [1.807, 2.05) is 0 Å². The Morgan fingerprint density at radius 3 is 0.444 bits per heavy atom. The van der Waals surface area contributed by atoms with Crippen molar-refractivity contribution in [1.82, 2.24) is 0 Å². The second-order valence-electron chi connectivity index (χ2n) is 25.4. The zero-order chi connectivity index (χ0) is 58.8. The van der Waals surface area contributed by atoms with Crippen molar-refractivity contribution in [2.45, 2.75) is 426 Å². The molecule has 0 radical (unpaired) electrons. The molecule has 0 fully saturated rings. The van der Waals surface area contributed by atoms with E-state index in [0.717, 1.165) is 51.4 Å². The van der Waals surface area contributed by atoms with Crippen LogP contribution >= 0.6 is 0 Å². The second-order valence-corrected chi connectivity index (χ2v) is 27.5. The van der Waals surface area contributed by atoms with E-state index < -0.39 is 20.8 Å². The van der Waals surface area contributed by atoms with E-state index in [1.54, 1.807) is 0 Å². The molecule has 0 aliphatic rings. The maximum Gasteiger partial charge on any atom is 2.00 e. The molecule has 0 aliphatic heterocycles. The molecule has 81 heavy (non-hydrogen) atoms. The van der Waals surface area contributed by atoms with Crippen LogP contribution in [0.25, 0.3) is 0 Å². The number of hydrogen-bond acceptors (Lipinski definition) is 8. The standard InChI is InChI=1S/2C35H72O4S.Ca/c2*1-3-5-7-9-11-13-15-16-17-18-19-20-21-22-23-25-27-29-31-33-35(34-39-40(36,37)38)32-30-28-26-24-14-12-10-8-6-4-2;/h2*35H,3-34H2,1-2H3,(H,36,37,38);/q;;+2/p-2. The quantitative estimate of drug-likeness (QED) is 0.0254. The van der Waals surface area contributed by atoms with E-state index >= 15 is 0 Å². The molecule has 2 unspecified atom stereocenters. The van der Waals surface area contributed by atoms with Crippen molar-refractivity contribution in [3.05, 3.63) is 0 Å². The van der Waals surface area contributed by atoms with Crippen LogP contribution < -0.4 is 0 Å². The Morgan fingerprint density at radius 1 is 0.222 bits per heavy atom. The predicted octanol–water partition coefficient (Wildman–Crippen LogP) is 24.0. The Balaban J connectivity index is -0.00000148. The summed E-state index contributed by atoms with van der Waals surface area (Å²) in [5.74, 6) is 0.395. The number of rotatable bonds is 68. The van der Waals surface area contributed by atoms with Gasteiger partial charge in [-0.1, -0.05) is 400 Å². The van der Waals surface area contributed by atoms with E-state index in [1.165, 1.54) is 347 Å². The normalized spacial score (nSPS) is 12.6. The number of hydrogen-bond donors (Lipinski definition) is 0. The molecule has 0 saturated heterocycles. The summed E-state index contributed by atoms with van der Waals surface area (Å²) >= 11 is 0. The fraction of sp³-hybridized carbons (Fsp3) is 1.00. The Morgan fingerprint density at radius 2 is 0.333 bits per heavy atom. The molecular formula is C70H142CaO8S2. The van der Waals surface area contributed by atoms with Crippen molar-refractivity contribution in [2.24, 2.45) is 11.8 Å². The average molecular weight is 1220 g/mol. The van der Waals surface area contributed by atoms with Crippen LogP contribution in [0.15, 0.2) is 0 Å². The summed E-state index contributed by atoms with van der Waals surface area (Å²) in [6, 6.07) is 0. The van der Waals surface area contributed by atoms with Gasteiger partial charge in [0.2, 0.25) is 20.8 Å². The molecule has 0 aromatic heterocycles. The van der Waals surface area contributed by atoms with Gasteiger partial charge in [0.25, 0.3) is 0 Å². The molecule has 0 aromatic rings. The van der Waals surface area contributed by atoms with Crippen LogP contribution in [0.1, 0.15) is 426 Å². The van der Waals surface area contributed by atoms with Gasteiger partial charge in [0.15, 0.2) is 0 Å². The summed E-state index contributed by atoms with van der Waals surface area (Å²) in [6.07, 6.45) is 82.1. The van der Waals surface area contributed by atoms with Crippen molar-refractivity contribution < 1.29 is 34.3 Å². The van der Waals surface area contributed by atoms with Gasteiger partial charge in [-0.05, 0) is 37.5 Å². The molecular weight excluding hydrogens is 1070 g/mol. The van der Waals surface area contributed by atoms with Gasteiger partial charge in [0.1, 0.15) is 0 Å². The van der Waals surface area contributed by atoms with Gasteiger partial charge in [-0.2, -0.15) is 0 Å². The summed E-state index contributed by atoms with van der Waals surface area (Å²) in [5.41, 5.74) is 0. The Hall–Kier alpha value is 1.000. The van der Waals surface area contributed by atoms with Gasteiger partial charge in [0, 0.05) is 0 Å². The van der Waals surface area contributed by atoms with Gasteiger partial charge in [-0.25, -0.2) is 16.8 Å². The van der Waals surface area contributed by atoms with Gasteiger partial charge in [-0.3, -0.25) is 8.37 Å². The van der Waals surface area contributed by atoms with Crippen LogP contribution in [0.2, 0.25) is 0 Å². The van der Waals surface area contributed by atoms with Crippen molar-refractivity contribution in [1.29, 1.82) is 0 Å². The van der Waals surface area contributed by atoms with Crippen LogP contribution in [0.3, 0.4) is 0 Å². The second kappa shape index (κ2) is 71.8. The molecule has 0 bridgehead atoms. The van der Waals surface area contributed by atoms with Gasteiger partial charge in [-0.15, -0.1) is 0 Å². The third-order valence-corrected chi connectivity index (χ3v) is 18.1. The summed E-state index contributed by atoms with van der Waals surface area (Å²) < 4.78 is 75.0. The Kier molecular flexibility index (Phi) is 76.4. The maximum atomic E-state index is 11.0. The summed E-state index contributed by atoms with van der Waals surface area (Å²) in [5, 5.41) is 0. The van der Waals surface area contributed by atoms with Crippen molar-refractivity contribution in [3.63, 3.8) is 0 Å². The molecule has 0 spiro atoms. The summed E-state index contributed by atoms with van der Waals surface area (Å²) in [6.45, 7) is 9.23. The van der Waals surface area contributed by atoms with Crippen molar-refractivity contribution in [3.8, 4) is 0 Å². The van der Waals surface area contributed by atoms with Gasteiger partial charge < -0.3 is 9.11 Å². The maximum absolute atomic E-state index is 11.0. The van der Waals surface area contributed by atoms with Crippen LogP contribution in [-0.2, 0) is 29.2 Å². The third kappa shape index (κ3) is 81.0. The first-order chi connectivity index (χ1) is 39.0. The van der Waals surface area contributed by atoms with E-state index in [9.17, 15) is 25.9 Å². The molecule has 0 aliphatic carbocycles. The molecule has 11 heteroatoms. The average Bonchev–Trinajstić information content (AvgIpc) is 3.43.